The van der Waals surface area contributed by atoms with Crippen molar-refractivity contribution in [1.82, 2.24) is 0 Å². The number of ether oxygens (including phenoxy) is 1. The molecule has 2 aromatic carbocycles. The van der Waals surface area contributed by atoms with Crippen LogP contribution in [0.15, 0.2) is 42.5 Å². The second kappa shape index (κ2) is 8.64. The van der Waals surface area contributed by atoms with Crippen molar-refractivity contribution in [3.8, 4) is 5.75 Å². The van der Waals surface area contributed by atoms with Crippen molar-refractivity contribution >= 4 is 17.3 Å². The summed E-state index contributed by atoms with van der Waals surface area (Å²) in [6.45, 7) is 3.50. The maximum absolute atomic E-state index is 13.1. The normalized spacial score (nSPS) is 10.5. The SMILES string of the molecule is CCCCCOc1ccccc1CNc1ccc(F)c(Cl)c1. The summed E-state index contributed by atoms with van der Waals surface area (Å²) in [5.41, 5.74) is 1.85. The van der Waals surface area contributed by atoms with E-state index in [0.29, 0.717) is 6.54 Å². The second-order valence-corrected chi connectivity index (χ2v) is 5.55. The highest BCUT2D eigenvalue weighted by Crippen LogP contribution is 2.22. The van der Waals surface area contributed by atoms with Crippen molar-refractivity contribution < 1.29 is 9.13 Å². The zero-order chi connectivity index (χ0) is 15.8. The number of para-hydroxylation sites is 1. The van der Waals surface area contributed by atoms with Gasteiger partial charge in [-0.15, -0.1) is 0 Å². The van der Waals surface area contributed by atoms with Gasteiger partial charge in [-0.1, -0.05) is 49.6 Å². The van der Waals surface area contributed by atoms with Gasteiger partial charge in [-0.3, -0.25) is 0 Å². The van der Waals surface area contributed by atoms with Crippen molar-refractivity contribution in [2.45, 2.75) is 32.7 Å². The van der Waals surface area contributed by atoms with Crippen LogP contribution in [0.3, 0.4) is 0 Å². The Balaban J connectivity index is 1.95. The Labute approximate surface area is 136 Å². The maximum Gasteiger partial charge on any atom is 0.141 e. The predicted octanol–water partition coefficient (Wildman–Crippen LogP) is 5.66. The monoisotopic (exact) mass is 321 g/mol. The molecule has 0 fully saturated rings. The first-order chi connectivity index (χ1) is 10.7. The Morgan fingerprint density at radius 2 is 1.95 bits per heavy atom. The smallest absolute Gasteiger partial charge is 0.141 e. The van der Waals surface area contributed by atoms with Gasteiger partial charge in [0.05, 0.1) is 11.6 Å². The van der Waals surface area contributed by atoms with E-state index in [2.05, 4.69) is 12.2 Å². The van der Waals surface area contributed by atoms with Gasteiger partial charge in [0.2, 0.25) is 0 Å². The number of hydrogen-bond donors (Lipinski definition) is 1. The number of anilines is 1. The molecular weight excluding hydrogens is 301 g/mol. The highest BCUT2D eigenvalue weighted by atomic mass is 35.5. The third-order valence-electron chi connectivity index (χ3n) is 3.38. The Morgan fingerprint density at radius 1 is 1.14 bits per heavy atom. The third kappa shape index (κ3) is 4.92. The number of rotatable bonds is 8. The minimum Gasteiger partial charge on any atom is -0.493 e. The summed E-state index contributed by atoms with van der Waals surface area (Å²) in [6, 6.07) is 12.6. The Bertz CT molecular complexity index is 603. The van der Waals surface area contributed by atoms with Crippen LogP contribution < -0.4 is 10.1 Å². The topological polar surface area (TPSA) is 21.3 Å². The summed E-state index contributed by atoms with van der Waals surface area (Å²) >= 11 is 5.79. The highest BCUT2D eigenvalue weighted by molar-refractivity contribution is 6.31. The molecule has 0 saturated heterocycles. The van der Waals surface area contributed by atoms with E-state index >= 15 is 0 Å². The molecule has 118 valence electrons. The van der Waals surface area contributed by atoms with E-state index in [1.807, 2.05) is 24.3 Å². The molecule has 0 aliphatic heterocycles. The van der Waals surface area contributed by atoms with Crippen LogP contribution in [0.25, 0.3) is 0 Å². The zero-order valence-corrected chi connectivity index (χ0v) is 13.5. The van der Waals surface area contributed by atoms with Gasteiger partial charge in [0.25, 0.3) is 0 Å². The van der Waals surface area contributed by atoms with Gasteiger partial charge >= 0.3 is 0 Å². The zero-order valence-electron chi connectivity index (χ0n) is 12.7. The molecule has 0 aromatic heterocycles. The summed E-state index contributed by atoms with van der Waals surface area (Å²) in [6.07, 6.45) is 3.41. The number of nitrogens with one attached hydrogen (secondary N) is 1. The molecule has 0 amide bonds. The van der Waals surface area contributed by atoms with Crippen molar-refractivity contribution in [3.05, 3.63) is 58.9 Å². The van der Waals surface area contributed by atoms with Crippen LogP contribution >= 0.6 is 11.6 Å². The molecule has 22 heavy (non-hydrogen) atoms. The molecule has 0 bridgehead atoms. The third-order valence-corrected chi connectivity index (χ3v) is 3.67. The average Bonchev–Trinajstić information content (AvgIpc) is 2.53. The fraction of sp³-hybridized carbons (Fsp3) is 0.333. The van der Waals surface area contributed by atoms with Crippen molar-refractivity contribution in [2.75, 3.05) is 11.9 Å². The number of unbranched alkanes of at least 4 members (excludes halogenated alkanes) is 2. The number of halogens is 2. The van der Waals surface area contributed by atoms with E-state index in [4.69, 9.17) is 16.3 Å². The van der Waals surface area contributed by atoms with E-state index in [1.165, 1.54) is 18.9 Å². The van der Waals surface area contributed by atoms with Crippen LogP contribution in [0.5, 0.6) is 5.75 Å². The molecule has 2 aromatic rings. The van der Waals surface area contributed by atoms with Gasteiger partial charge in [-0.05, 0) is 30.7 Å². The van der Waals surface area contributed by atoms with Gasteiger partial charge in [0.1, 0.15) is 11.6 Å². The van der Waals surface area contributed by atoms with Crippen LogP contribution in [-0.4, -0.2) is 6.61 Å². The first-order valence-electron chi connectivity index (χ1n) is 7.60. The van der Waals surface area contributed by atoms with Crippen LogP contribution in [0.2, 0.25) is 5.02 Å². The van der Waals surface area contributed by atoms with Crippen LogP contribution in [-0.2, 0) is 6.54 Å². The minimum absolute atomic E-state index is 0.120. The summed E-state index contributed by atoms with van der Waals surface area (Å²) in [5.74, 6) is 0.478. The minimum atomic E-state index is -0.410. The molecule has 1 N–H and O–H groups in total. The standard InChI is InChI=1S/C18H21ClFNO/c1-2-3-6-11-22-18-8-5-4-7-14(18)13-21-15-9-10-17(20)16(19)12-15/h4-5,7-10,12,21H,2-3,6,11,13H2,1H3. The quantitative estimate of drug-likeness (QED) is 0.633. The van der Waals surface area contributed by atoms with E-state index < -0.39 is 5.82 Å². The fourth-order valence-corrected chi connectivity index (χ4v) is 2.31. The molecule has 2 nitrogen and oxygen atoms in total. The van der Waals surface area contributed by atoms with E-state index in [9.17, 15) is 4.39 Å². The first kappa shape index (κ1) is 16.6. The van der Waals surface area contributed by atoms with Crippen LogP contribution in [0, 0.1) is 5.82 Å². The summed E-state index contributed by atoms with van der Waals surface area (Å²) < 4.78 is 19.0. The number of benzene rings is 2. The van der Waals surface area contributed by atoms with Crippen LogP contribution in [0.4, 0.5) is 10.1 Å². The summed E-state index contributed by atoms with van der Waals surface area (Å²) in [5, 5.41) is 3.36. The Kier molecular flexibility index (Phi) is 6.53. The van der Waals surface area contributed by atoms with E-state index in [0.717, 1.165) is 30.0 Å². The first-order valence-corrected chi connectivity index (χ1v) is 7.98. The second-order valence-electron chi connectivity index (χ2n) is 5.15. The lowest BCUT2D eigenvalue weighted by Gasteiger charge is -2.13. The molecule has 0 aliphatic rings. The maximum atomic E-state index is 13.1. The summed E-state index contributed by atoms with van der Waals surface area (Å²) in [4.78, 5) is 0. The lowest BCUT2D eigenvalue weighted by Crippen LogP contribution is -2.04. The molecular formula is C18H21ClFNO. The molecule has 0 aliphatic carbocycles. The fourth-order valence-electron chi connectivity index (χ4n) is 2.13. The van der Waals surface area contributed by atoms with Gasteiger partial charge < -0.3 is 10.1 Å². The summed E-state index contributed by atoms with van der Waals surface area (Å²) in [7, 11) is 0. The van der Waals surface area contributed by atoms with Crippen LogP contribution in [0.1, 0.15) is 31.7 Å². The van der Waals surface area contributed by atoms with Gasteiger partial charge in [0, 0.05) is 17.8 Å². The molecule has 0 radical (unpaired) electrons. The average molecular weight is 322 g/mol. The van der Waals surface area contributed by atoms with Crippen molar-refractivity contribution in [1.29, 1.82) is 0 Å². The van der Waals surface area contributed by atoms with Gasteiger partial charge in [0.15, 0.2) is 0 Å². The Morgan fingerprint density at radius 3 is 2.73 bits per heavy atom. The lowest BCUT2D eigenvalue weighted by atomic mass is 10.2. The lowest BCUT2D eigenvalue weighted by molar-refractivity contribution is 0.303. The van der Waals surface area contributed by atoms with E-state index in [1.54, 1.807) is 12.1 Å². The molecule has 0 heterocycles. The molecule has 0 atom stereocenters. The molecule has 2 rings (SSSR count). The van der Waals surface area contributed by atoms with Gasteiger partial charge in [-0.2, -0.15) is 0 Å². The van der Waals surface area contributed by atoms with E-state index in [-0.39, 0.29) is 5.02 Å². The molecule has 0 unspecified atom stereocenters. The van der Waals surface area contributed by atoms with Gasteiger partial charge in [-0.25, -0.2) is 4.39 Å². The largest absolute Gasteiger partial charge is 0.493 e. The molecule has 0 saturated carbocycles. The Hall–Kier alpha value is -1.74. The highest BCUT2D eigenvalue weighted by Gasteiger charge is 2.04. The number of hydrogen-bond acceptors (Lipinski definition) is 2. The molecule has 0 spiro atoms. The van der Waals surface area contributed by atoms with Crippen molar-refractivity contribution in [3.63, 3.8) is 0 Å². The molecule has 4 heteroatoms. The van der Waals surface area contributed by atoms with Crippen molar-refractivity contribution in [2.24, 2.45) is 0 Å². The predicted molar refractivity (Wildman–Crippen MR) is 90.2 cm³/mol.